The van der Waals surface area contributed by atoms with E-state index in [-0.39, 0.29) is 0 Å². The van der Waals surface area contributed by atoms with Gasteiger partial charge in [0.25, 0.3) is 0 Å². The van der Waals surface area contributed by atoms with E-state index in [1.165, 1.54) is 5.56 Å². The molecule has 0 aliphatic carbocycles. The summed E-state index contributed by atoms with van der Waals surface area (Å²) in [5, 5.41) is 11.9. The molecule has 0 N–H and O–H groups in total. The van der Waals surface area contributed by atoms with Crippen molar-refractivity contribution in [1.82, 2.24) is 25.1 Å². The molecule has 1 aromatic carbocycles. The minimum atomic E-state index is 0.723. The zero-order valence-electron chi connectivity index (χ0n) is 11.4. The van der Waals surface area contributed by atoms with E-state index in [1.807, 2.05) is 36.5 Å². The Bertz CT molecular complexity index is 584. The van der Waals surface area contributed by atoms with Gasteiger partial charge in [0.05, 0.1) is 18.9 Å². The molecule has 2 heterocycles. The molecule has 0 amide bonds. The Kier molecular flexibility index (Phi) is 3.73. The number of tetrazole rings is 1. The predicted octanol–water partition coefficient (Wildman–Crippen LogP) is 1.27. The number of benzene rings is 1. The van der Waals surface area contributed by atoms with Gasteiger partial charge < -0.3 is 9.64 Å². The van der Waals surface area contributed by atoms with Crippen molar-refractivity contribution < 1.29 is 4.74 Å². The van der Waals surface area contributed by atoms with Crippen molar-refractivity contribution >= 4 is 6.08 Å². The number of hydrogen-bond acceptors (Lipinski definition) is 5. The lowest BCUT2D eigenvalue weighted by Crippen LogP contribution is -2.31. The molecule has 1 aliphatic rings. The lowest BCUT2D eigenvalue weighted by atomic mass is 10.2. The second-order valence-corrected chi connectivity index (χ2v) is 4.75. The summed E-state index contributed by atoms with van der Waals surface area (Å²) in [6.07, 6.45) is 3.96. The highest BCUT2D eigenvalue weighted by Gasteiger charge is 2.08. The van der Waals surface area contributed by atoms with Gasteiger partial charge in [-0.1, -0.05) is 17.7 Å². The fraction of sp³-hybridized carbons (Fsp3) is 0.357. The van der Waals surface area contributed by atoms with Crippen LogP contribution in [-0.4, -0.2) is 51.4 Å². The highest BCUT2D eigenvalue weighted by molar-refractivity contribution is 5.44. The van der Waals surface area contributed by atoms with Crippen LogP contribution >= 0.6 is 0 Å². The van der Waals surface area contributed by atoms with Crippen molar-refractivity contribution in [3.63, 3.8) is 0 Å². The normalized spacial score (nSPS) is 15.9. The lowest BCUT2D eigenvalue weighted by Gasteiger charge is -2.24. The fourth-order valence-corrected chi connectivity index (χ4v) is 2.07. The summed E-state index contributed by atoms with van der Waals surface area (Å²) in [5.74, 6) is 0.723. The highest BCUT2D eigenvalue weighted by atomic mass is 16.5. The maximum atomic E-state index is 5.32. The Balaban J connectivity index is 1.79. The van der Waals surface area contributed by atoms with Gasteiger partial charge in [-0.2, -0.15) is 4.68 Å². The first kappa shape index (κ1) is 12.8. The van der Waals surface area contributed by atoms with Gasteiger partial charge in [0, 0.05) is 25.4 Å². The fourth-order valence-electron chi connectivity index (χ4n) is 2.07. The number of ether oxygens (including phenoxy) is 1. The van der Waals surface area contributed by atoms with Crippen molar-refractivity contribution in [2.45, 2.75) is 6.92 Å². The van der Waals surface area contributed by atoms with Crippen LogP contribution in [0, 0.1) is 6.92 Å². The molecule has 1 saturated heterocycles. The second-order valence-electron chi connectivity index (χ2n) is 4.75. The van der Waals surface area contributed by atoms with E-state index in [1.54, 1.807) is 4.68 Å². The average Bonchev–Trinajstić information content (AvgIpc) is 2.95. The zero-order valence-corrected chi connectivity index (χ0v) is 11.4. The van der Waals surface area contributed by atoms with E-state index in [9.17, 15) is 0 Å². The molecule has 0 radical (unpaired) electrons. The van der Waals surface area contributed by atoms with Gasteiger partial charge in [-0.25, -0.2) is 0 Å². The molecule has 104 valence electrons. The molecule has 3 rings (SSSR count). The van der Waals surface area contributed by atoms with Gasteiger partial charge in [-0.05, 0) is 29.5 Å². The quantitative estimate of drug-likeness (QED) is 0.841. The smallest absolute Gasteiger partial charge is 0.181 e. The molecule has 0 atom stereocenters. The summed E-state index contributed by atoms with van der Waals surface area (Å²) in [6.45, 7) is 5.41. The predicted molar refractivity (Wildman–Crippen MR) is 75.3 cm³/mol. The van der Waals surface area contributed by atoms with Gasteiger partial charge in [0.15, 0.2) is 5.82 Å². The summed E-state index contributed by atoms with van der Waals surface area (Å²) >= 11 is 0. The number of nitrogens with zero attached hydrogens (tertiary/aromatic N) is 5. The van der Waals surface area contributed by atoms with Gasteiger partial charge in [0.2, 0.25) is 0 Å². The monoisotopic (exact) mass is 271 g/mol. The summed E-state index contributed by atoms with van der Waals surface area (Å²) in [7, 11) is 0. The largest absolute Gasteiger partial charge is 0.378 e. The van der Waals surface area contributed by atoms with Crippen molar-refractivity contribution in [3.8, 4) is 5.69 Å². The summed E-state index contributed by atoms with van der Waals surface area (Å²) < 4.78 is 7.05. The van der Waals surface area contributed by atoms with Crippen LogP contribution in [0.25, 0.3) is 11.8 Å². The Morgan fingerprint density at radius 1 is 1.15 bits per heavy atom. The molecule has 1 aromatic heterocycles. The van der Waals surface area contributed by atoms with Crippen LogP contribution in [0.5, 0.6) is 0 Å². The second kappa shape index (κ2) is 5.83. The third-order valence-corrected chi connectivity index (χ3v) is 3.25. The number of morpholine rings is 1. The zero-order chi connectivity index (χ0) is 13.8. The molecule has 0 bridgehead atoms. The van der Waals surface area contributed by atoms with Crippen LogP contribution in [0.1, 0.15) is 11.4 Å². The highest BCUT2D eigenvalue weighted by Crippen LogP contribution is 2.10. The minimum Gasteiger partial charge on any atom is -0.378 e. The van der Waals surface area contributed by atoms with Gasteiger partial charge in [-0.15, -0.1) is 5.10 Å². The first-order valence-electron chi connectivity index (χ1n) is 6.68. The number of rotatable bonds is 3. The SMILES string of the molecule is Cc1ccc(-n2nnnc2/C=C/N2CCOCC2)cc1. The Labute approximate surface area is 117 Å². The molecule has 0 saturated carbocycles. The number of hydrogen-bond donors (Lipinski definition) is 0. The third kappa shape index (κ3) is 2.85. The summed E-state index contributed by atoms with van der Waals surface area (Å²) in [6, 6.07) is 8.12. The van der Waals surface area contributed by atoms with Crippen molar-refractivity contribution in [2.24, 2.45) is 0 Å². The Hall–Kier alpha value is -2.21. The van der Waals surface area contributed by atoms with E-state index in [2.05, 4.69) is 27.3 Å². The molecular formula is C14H17N5O. The van der Waals surface area contributed by atoms with Crippen LogP contribution in [0.15, 0.2) is 30.5 Å². The molecule has 6 heteroatoms. The molecular weight excluding hydrogens is 254 g/mol. The van der Waals surface area contributed by atoms with Crippen LogP contribution in [-0.2, 0) is 4.74 Å². The molecule has 1 aliphatic heterocycles. The summed E-state index contributed by atoms with van der Waals surface area (Å²) in [4.78, 5) is 2.21. The lowest BCUT2D eigenvalue weighted by molar-refractivity contribution is 0.0597. The van der Waals surface area contributed by atoms with Crippen molar-refractivity contribution in [1.29, 1.82) is 0 Å². The van der Waals surface area contributed by atoms with Gasteiger partial charge in [-0.3, -0.25) is 0 Å². The third-order valence-electron chi connectivity index (χ3n) is 3.25. The maximum absolute atomic E-state index is 5.32. The first-order chi connectivity index (χ1) is 9.83. The average molecular weight is 271 g/mol. The van der Waals surface area contributed by atoms with Crippen LogP contribution in [0.4, 0.5) is 0 Å². The Morgan fingerprint density at radius 2 is 1.90 bits per heavy atom. The van der Waals surface area contributed by atoms with E-state index in [0.717, 1.165) is 37.8 Å². The molecule has 2 aromatic rings. The standard InChI is InChI=1S/C14H17N5O/c1-12-2-4-13(5-3-12)19-14(15-16-17-19)6-7-18-8-10-20-11-9-18/h2-7H,8-11H2,1H3/b7-6+. The van der Waals surface area contributed by atoms with Crippen LogP contribution < -0.4 is 0 Å². The van der Waals surface area contributed by atoms with Crippen molar-refractivity contribution in [3.05, 3.63) is 41.9 Å². The molecule has 6 nitrogen and oxygen atoms in total. The summed E-state index contributed by atoms with van der Waals surface area (Å²) in [5.41, 5.74) is 2.18. The number of aryl methyl sites for hydroxylation is 1. The van der Waals surface area contributed by atoms with E-state index >= 15 is 0 Å². The van der Waals surface area contributed by atoms with Gasteiger partial charge in [0.1, 0.15) is 0 Å². The Morgan fingerprint density at radius 3 is 2.65 bits per heavy atom. The van der Waals surface area contributed by atoms with Crippen LogP contribution in [0.3, 0.4) is 0 Å². The molecule has 0 spiro atoms. The van der Waals surface area contributed by atoms with E-state index < -0.39 is 0 Å². The molecule has 1 fully saturated rings. The maximum Gasteiger partial charge on any atom is 0.181 e. The first-order valence-corrected chi connectivity index (χ1v) is 6.68. The van der Waals surface area contributed by atoms with Crippen LogP contribution in [0.2, 0.25) is 0 Å². The topological polar surface area (TPSA) is 56.1 Å². The van der Waals surface area contributed by atoms with Crippen molar-refractivity contribution in [2.75, 3.05) is 26.3 Å². The molecule has 20 heavy (non-hydrogen) atoms. The molecule has 0 unspecified atom stereocenters. The minimum absolute atomic E-state index is 0.723. The van der Waals surface area contributed by atoms with Gasteiger partial charge >= 0.3 is 0 Å². The van der Waals surface area contributed by atoms with E-state index in [0.29, 0.717) is 0 Å². The van der Waals surface area contributed by atoms with E-state index in [4.69, 9.17) is 4.74 Å². The number of aromatic nitrogens is 4.